The van der Waals surface area contributed by atoms with Crippen molar-refractivity contribution in [2.75, 3.05) is 13.7 Å². The molecule has 1 N–H and O–H groups in total. The quantitative estimate of drug-likeness (QED) is 0.330. The molecule has 2 nitrogen and oxygen atoms in total. The van der Waals surface area contributed by atoms with E-state index < -0.39 is 0 Å². The second-order valence-electron chi connectivity index (χ2n) is 3.08. The van der Waals surface area contributed by atoms with Gasteiger partial charge in [-0.2, -0.15) is 0 Å². The molecule has 72 valence electrons. The summed E-state index contributed by atoms with van der Waals surface area (Å²) < 4.78 is 4.75. The molecule has 1 amide bonds. The average Bonchev–Trinajstić information content (AvgIpc) is 2.10. The summed E-state index contributed by atoms with van der Waals surface area (Å²) in [7, 11) is 1.66. The van der Waals surface area contributed by atoms with Crippen molar-refractivity contribution >= 4 is 6.41 Å². The summed E-state index contributed by atoms with van der Waals surface area (Å²) in [6.07, 6.45) is 9.72. The minimum absolute atomic E-state index is 1.04. The van der Waals surface area contributed by atoms with E-state index in [0.717, 1.165) is 6.54 Å². The predicted molar refractivity (Wildman–Crippen MR) is 53.4 cm³/mol. The Bertz CT molecular complexity index is 102. The third kappa shape index (κ3) is 9.47. The van der Waals surface area contributed by atoms with E-state index in [-0.39, 0.29) is 0 Å². The zero-order valence-electron chi connectivity index (χ0n) is 8.44. The molecular formula is C10H22NO+. The van der Waals surface area contributed by atoms with Crippen LogP contribution in [-0.4, -0.2) is 20.1 Å². The second kappa shape index (κ2) is 10.5. The van der Waals surface area contributed by atoms with Crippen molar-refractivity contribution in [3.05, 3.63) is 0 Å². The Labute approximate surface area is 76.1 Å². The lowest BCUT2D eigenvalue weighted by Crippen LogP contribution is -2.13. The molecule has 0 unspecified atom stereocenters. The Kier molecular flexibility index (Phi) is 10.0. The molecular weight excluding hydrogens is 150 g/mol. The lowest BCUT2D eigenvalue weighted by molar-refractivity contribution is -0.416. The molecule has 0 aliphatic heterocycles. The molecule has 0 aromatic carbocycles. The monoisotopic (exact) mass is 172 g/mol. The Morgan fingerprint density at radius 1 is 1.08 bits per heavy atom. The standard InChI is InChI=1S/C10H22NO/c1-3-4-5-6-7-8-9-11-10-12-2/h10-11H,3-9H2,1-2H3/q+1. The van der Waals surface area contributed by atoms with Gasteiger partial charge in [-0.1, -0.05) is 39.0 Å². The van der Waals surface area contributed by atoms with Crippen molar-refractivity contribution in [1.29, 1.82) is 0 Å². The van der Waals surface area contributed by atoms with Crippen LogP contribution in [0.3, 0.4) is 0 Å². The van der Waals surface area contributed by atoms with Gasteiger partial charge in [0.05, 0.1) is 0 Å². The van der Waals surface area contributed by atoms with Crippen LogP contribution in [0.4, 0.5) is 0 Å². The summed E-state index contributed by atoms with van der Waals surface area (Å²) in [5.74, 6) is 0. The first-order chi connectivity index (χ1) is 5.91. The highest BCUT2D eigenvalue weighted by Crippen LogP contribution is 2.03. The Hall–Kier alpha value is -0.530. The van der Waals surface area contributed by atoms with E-state index >= 15 is 0 Å². The Morgan fingerprint density at radius 2 is 1.75 bits per heavy atom. The number of amides is 1. The van der Waals surface area contributed by atoms with E-state index in [4.69, 9.17) is 4.42 Å². The molecule has 0 atom stereocenters. The maximum Gasteiger partial charge on any atom is 0.380 e. The van der Waals surface area contributed by atoms with E-state index in [0.29, 0.717) is 0 Å². The summed E-state index contributed by atoms with van der Waals surface area (Å²) in [5, 5.41) is 3.08. The molecule has 12 heavy (non-hydrogen) atoms. The van der Waals surface area contributed by atoms with Crippen molar-refractivity contribution in [3.8, 4) is 0 Å². The van der Waals surface area contributed by atoms with Gasteiger partial charge in [0.2, 0.25) is 0 Å². The SMILES string of the molecule is CCCCCCCCN/C=[O+]/C. The molecule has 0 saturated heterocycles. The van der Waals surface area contributed by atoms with Crippen LogP contribution in [0.25, 0.3) is 0 Å². The highest BCUT2D eigenvalue weighted by Gasteiger charge is 1.89. The van der Waals surface area contributed by atoms with Gasteiger partial charge in [0.1, 0.15) is 0 Å². The number of unbranched alkanes of at least 4 members (excludes halogenated alkanes) is 5. The van der Waals surface area contributed by atoms with Crippen molar-refractivity contribution < 1.29 is 4.42 Å². The first kappa shape index (κ1) is 11.5. The predicted octanol–water partition coefficient (Wildman–Crippen LogP) is 2.26. The van der Waals surface area contributed by atoms with Crippen LogP contribution in [0.2, 0.25) is 0 Å². The van der Waals surface area contributed by atoms with Crippen LogP contribution in [-0.2, 0) is 4.42 Å². The average molecular weight is 172 g/mol. The van der Waals surface area contributed by atoms with Crippen LogP contribution in [0, 0.1) is 0 Å². The van der Waals surface area contributed by atoms with Crippen molar-refractivity contribution in [1.82, 2.24) is 5.32 Å². The summed E-state index contributed by atoms with van der Waals surface area (Å²) in [5.41, 5.74) is 0. The molecule has 0 aromatic rings. The molecule has 2 heteroatoms. The molecule has 0 rings (SSSR count). The van der Waals surface area contributed by atoms with Crippen LogP contribution in [0.1, 0.15) is 45.4 Å². The molecule has 0 spiro atoms. The van der Waals surface area contributed by atoms with Crippen molar-refractivity contribution in [2.45, 2.75) is 45.4 Å². The van der Waals surface area contributed by atoms with Gasteiger partial charge in [-0.05, 0) is 6.42 Å². The minimum atomic E-state index is 1.04. The van der Waals surface area contributed by atoms with Gasteiger partial charge >= 0.3 is 6.41 Å². The topological polar surface area (TPSA) is 23.3 Å². The van der Waals surface area contributed by atoms with Gasteiger partial charge in [0, 0.05) is 6.54 Å². The van der Waals surface area contributed by atoms with Gasteiger partial charge in [0.15, 0.2) is 0 Å². The second-order valence-corrected chi connectivity index (χ2v) is 3.08. The maximum atomic E-state index is 4.75. The summed E-state index contributed by atoms with van der Waals surface area (Å²) in [6.45, 7) is 3.29. The lowest BCUT2D eigenvalue weighted by atomic mass is 10.1. The minimum Gasteiger partial charge on any atom is -0.313 e. The van der Waals surface area contributed by atoms with E-state index in [1.165, 1.54) is 38.5 Å². The third-order valence-corrected chi connectivity index (χ3v) is 1.88. The smallest absolute Gasteiger partial charge is 0.313 e. The lowest BCUT2D eigenvalue weighted by Gasteiger charge is -1.98. The number of rotatable bonds is 8. The first-order valence-electron chi connectivity index (χ1n) is 4.99. The highest BCUT2D eigenvalue weighted by molar-refractivity contribution is 5.46. The number of nitrogens with one attached hydrogen (secondary N) is 1. The molecule has 0 aromatic heterocycles. The third-order valence-electron chi connectivity index (χ3n) is 1.88. The Balaban J connectivity index is 2.81. The molecule has 0 fully saturated rings. The summed E-state index contributed by atoms with van der Waals surface area (Å²) in [4.78, 5) is 0. The molecule has 0 bridgehead atoms. The molecule has 0 saturated carbocycles. The molecule has 0 aliphatic carbocycles. The van der Waals surface area contributed by atoms with Gasteiger partial charge in [0.25, 0.3) is 7.11 Å². The normalized spacial score (nSPS) is 10.8. The fraction of sp³-hybridized carbons (Fsp3) is 0.900. The van der Waals surface area contributed by atoms with E-state index in [1.54, 1.807) is 13.5 Å². The van der Waals surface area contributed by atoms with Crippen molar-refractivity contribution in [3.63, 3.8) is 0 Å². The van der Waals surface area contributed by atoms with Gasteiger partial charge < -0.3 is 5.32 Å². The fourth-order valence-corrected chi connectivity index (χ4v) is 1.15. The number of hydrogen-bond donors (Lipinski definition) is 1. The number of carbonyl (C=O) groups excluding carboxylic acids is 1. The van der Waals surface area contributed by atoms with Gasteiger partial charge in [-0.25, -0.2) is 4.42 Å². The summed E-state index contributed by atoms with van der Waals surface area (Å²) in [6, 6.07) is 0. The summed E-state index contributed by atoms with van der Waals surface area (Å²) >= 11 is 0. The highest BCUT2D eigenvalue weighted by atomic mass is 16.4. The van der Waals surface area contributed by atoms with E-state index in [1.807, 2.05) is 0 Å². The van der Waals surface area contributed by atoms with Crippen LogP contribution >= 0.6 is 0 Å². The first-order valence-corrected chi connectivity index (χ1v) is 4.99. The van der Waals surface area contributed by atoms with Crippen LogP contribution < -0.4 is 5.32 Å². The molecule has 0 heterocycles. The Morgan fingerprint density at radius 3 is 2.42 bits per heavy atom. The van der Waals surface area contributed by atoms with Crippen LogP contribution in [0.15, 0.2) is 0 Å². The zero-order valence-corrected chi connectivity index (χ0v) is 8.44. The van der Waals surface area contributed by atoms with Gasteiger partial charge in [-0.3, -0.25) is 0 Å². The van der Waals surface area contributed by atoms with E-state index in [2.05, 4.69) is 12.2 Å². The van der Waals surface area contributed by atoms with Crippen LogP contribution in [0.5, 0.6) is 0 Å². The largest absolute Gasteiger partial charge is 0.380 e. The molecule has 0 aliphatic rings. The maximum absolute atomic E-state index is 4.75. The van der Waals surface area contributed by atoms with Gasteiger partial charge in [-0.15, -0.1) is 0 Å². The van der Waals surface area contributed by atoms with E-state index in [9.17, 15) is 0 Å². The van der Waals surface area contributed by atoms with Crippen molar-refractivity contribution in [2.24, 2.45) is 0 Å². The fourth-order valence-electron chi connectivity index (χ4n) is 1.15. The zero-order chi connectivity index (χ0) is 9.07. The molecule has 0 radical (unpaired) electrons. The number of hydrogen-bond acceptors (Lipinski definition) is 0.